The lowest BCUT2D eigenvalue weighted by Gasteiger charge is -2.05. The quantitative estimate of drug-likeness (QED) is 0.878. The van der Waals surface area contributed by atoms with Crippen LogP contribution in [0.5, 0.6) is 0 Å². The fourth-order valence-corrected chi connectivity index (χ4v) is 2.01. The monoisotopic (exact) mass is 232 g/mol. The van der Waals surface area contributed by atoms with Gasteiger partial charge < -0.3 is 9.88 Å². The Kier molecular flexibility index (Phi) is 3.22. The van der Waals surface area contributed by atoms with E-state index in [-0.39, 0.29) is 0 Å². The SMILES string of the molecule is CCn1ccc(CNc2c(C)nn(C)c2C)c1. The smallest absolute Gasteiger partial charge is 0.0827 e. The molecule has 0 spiro atoms. The van der Waals surface area contributed by atoms with Crippen molar-refractivity contribution >= 4 is 5.69 Å². The molecule has 2 heterocycles. The topological polar surface area (TPSA) is 34.8 Å². The van der Waals surface area contributed by atoms with Gasteiger partial charge >= 0.3 is 0 Å². The normalized spacial score (nSPS) is 10.8. The molecular weight excluding hydrogens is 212 g/mol. The molecule has 2 aromatic rings. The van der Waals surface area contributed by atoms with E-state index >= 15 is 0 Å². The second-order valence-corrected chi connectivity index (χ2v) is 4.37. The molecule has 0 bridgehead atoms. The Balaban J connectivity index is 2.07. The highest BCUT2D eigenvalue weighted by molar-refractivity contribution is 5.52. The molecule has 92 valence electrons. The van der Waals surface area contributed by atoms with Gasteiger partial charge in [0.2, 0.25) is 0 Å². The van der Waals surface area contributed by atoms with Crippen LogP contribution in [0.3, 0.4) is 0 Å². The van der Waals surface area contributed by atoms with E-state index in [1.807, 2.05) is 18.7 Å². The van der Waals surface area contributed by atoms with E-state index in [2.05, 4.69) is 47.3 Å². The van der Waals surface area contributed by atoms with Crippen LogP contribution in [-0.4, -0.2) is 14.3 Å². The van der Waals surface area contributed by atoms with E-state index in [0.29, 0.717) is 0 Å². The zero-order valence-corrected chi connectivity index (χ0v) is 11.0. The van der Waals surface area contributed by atoms with Gasteiger partial charge in [-0.3, -0.25) is 4.68 Å². The van der Waals surface area contributed by atoms with E-state index in [1.54, 1.807) is 0 Å². The summed E-state index contributed by atoms with van der Waals surface area (Å²) in [5.74, 6) is 0. The first kappa shape index (κ1) is 11.8. The lowest BCUT2D eigenvalue weighted by molar-refractivity contribution is 0.731. The van der Waals surface area contributed by atoms with E-state index in [0.717, 1.165) is 24.5 Å². The Bertz CT molecular complexity index is 507. The molecule has 0 unspecified atom stereocenters. The fraction of sp³-hybridized carbons (Fsp3) is 0.462. The predicted octanol–water partition coefficient (Wildman–Crippen LogP) is 2.47. The Hall–Kier alpha value is -1.71. The lowest BCUT2D eigenvalue weighted by Crippen LogP contribution is -2.01. The van der Waals surface area contributed by atoms with Crippen LogP contribution in [0.1, 0.15) is 23.9 Å². The Labute approximate surface area is 102 Å². The van der Waals surface area contributed by atoms with Crippen molar-refractivity contribution in [3.05, 3.63) is 35.4 Å². The summed E-state index contributed by atoms with van der Waals surface area (Å²) in [7, 11) is 1.97. The van der Waals surface area contributed by atoms with Crippen molar-refractivity contribution in [1.82, 2.24) is 14.3 Å². The van der Waals surface area contributed by atoms with Gasteiger partial charge in [-0.1, -0.05) is 0 Å². The average molecular weight is 232 g/mol. The molecule has 4 heteroatoms. The number of hydrogen-bond donors (Lipinski definition) is 1. The highest BCUT2D eigenvalue weighted by atomic mass is 15.3. The number of rotatable bonds is 4. The summed E-state index contributed by atoms with van der Waals surface area (Å²) >= 11 is 0. The van der Waals surface area contributed by atoms with Gasteiger partial charge in [0.05, 0.1) is 17.1 Å². The van der Waals surface area contributed by atoms with Gasteiger partial charge in [0.25, 0.3) is 0 Å². The van der Waals surface area contributed by atoms with Crippen molar-refractivity contribution in [2.45, 2.75) is 33.9 Å². The molecule has 0 fully saturated rings. The summed E-state index contributed by atoms with van der Waals surface area (Å²) in [4.78, 5) is 0. The molecule has 2 rings (SSSR count). The van der Waals surface area contributed by atoms with E-state index in [9.17, 15) is 0 Å². The summed E-state index contributed by atoms with van der Waals surface area (Å²) in [6, 6.07) is 2.15. The van der Waals surface area contributed by atoms with Gasteiger partial charge in [0.15, 0.2) is 0 Å². The van der Waals surface area contributed by atoms with Crippen LogP contribution in [0.25, 0.3) is 0 Å². The molecule has 0 amide bonds. The molecule has 0 atom stereocenters. The second kappa shape index (κ2) is 4.65. The molecule has 17 heavy (non-hydrogen) atoms. The minimum absolute atomic E-state index is 0.848. The molecule has 0 aromatic carbocycles. The van der Waals surface area contributed by atoms with Crippen LogP contribution in [-0.2, 0) is 20.1 Å². The fourth-order valence-electron chi connectivity index (χ4n) is 2.01. The van der Waals surface area contributed by atoms with E-state index in [4.69, 9.17) is 0 Å². The first-order valence-electron chi connectivity index (χ1n) is 6.00. The first-order chi connectivity index (χ1) is 8.11. The molecule has 0 aliphatic heterocycles. The van der Waals surface area contributed by atoms with Crippen LogP contribution in [0, 0.1) is 13.8 Å². The number of nitrogens with one attached hydrogen (secondary N) is 1. The van der Waals surface area contributed by atoms with Crippen LogP contribution < -0.4 is 5.32 Å². The van der Waals surface area contributed by atoms with E-state index in [1.165, 1.54) is 11.3 Å². The van der Waals surface area contributed by atoms with Gasteiger partial charge in [-0.05, 0) is 32.4 Å². The number of anilines is 1. The predicted molar refractivity (Wildman–Crippen MR) is 70.1 cm³/mol. The average Bonchev–Trinajstić information content (AvgIpc) is 2.84. The Morgan fingerprint density at radius 3 is 2.65 bits per heavy atom. The molecule has 0 saturated heterocycles. The molecule has 0 radical (unpaired) electrons. The highest BCUT2D eigenvalue weighted by Crippen LogP contribution is 2.19. The molecule has 4 nitrogen and oxygen atoms in total. The summed E-state index contributed by atoms with van der Waals surface area (Å²) in [6.45, 7) is 8.13. The zero-order chi connectivity index (χ0) is 12.4. The summed E-state index contributed by atoms with van der Waals surface area (Å²) in [5.41, 5.74) is 4.68. The lowest BCUT2D eigenvalue weighted by atomic mass is 10.3. The largest absolute Gasteiger partial charge is 0.378 e. The molecule has 0 aliphatic carbocycles. The minimum atomic E-state index is 0.848. The number of nitrogens with zero attached hydrogens (tertiary/aromatic N) is 3. The molecule has 1 N–H and O–H groups in total. The minimum Gasteiger partial charge on any atom is -0.378 e. The second-order valence-electron chi connectivity index (χ2n) is 4.37. The maximum Gasteiger partial charge on any atom is 0.0827 e. The molecular formula is C13H20N4. The van der Waals surface area contributed by atoms with Gasteiger partial charge in [-0.15, -0.1) is 0 Å². The van der Waals surface area contributed by atoms with Gasteiger partial charge in [0, 0.05) is 32.5 Å². The Morgan fingerprint density at radius 1 is 1.35 bits per heavy atom. The van der Waals surface area contributed by atoms with Crippen molar-refractivity contribution < 1.29 is 0 Å². The first-order valence-corrected chi connectivity index (χ1v) is 6.00. The number of hydrogen-bond acceptors (Lipinski definition) is 2. The van der Waals surface area contributed by atoms with Crippen molar-refractivity contribution in [3.63, 3.8) is 0 Å². The van der Waals surface area contributed by atoms with Crippen LogP contribution in [0.4, 0.5) is 5.69 Å². The van der Waals surface area contributed by atoms with Crippen molar-refractivity contribution in [2.75, 3.05) is 5.32 Å². The van der Waals surface area contributed by atoms with E-state index < -0.39 is 0 Å². The Morgan fingerprint density at radius 2 is 2.12 bits per heavy atom. The molecule has 0 aliphatic rings. The molecule has 2 aromatic heterocycles. The van der Waals surface area contributed by atoms with Gasteiger partial charge in [-0.2, -0.15) is 5.10 Å². The van der Waals surface area contributed by atoms with Crippen molar-refractivity contribution in [2.24, 2.45) is 7.05 Å². The van der Waals surface area contributed by atoms with Crippen molar-refractivity contribution in [3.8, 4) is 0 Å². The summed E-state index contributed by atoms with van der Waals surface area (Å²) in [5, 5.41) is 7.85. The third-order valence-corrected chi connectivity index (χ3v) is 3.16. The summed E-state index contributed by atoms with van der Waals surface area (Å²) < 4.78 is 4.09. The molecule has 0 saturated carbocycles. The maximum absolute atomic E-state index is 4.39. The van der Waals surface area contributed by atoms with Crippen LogP contribution >= 0.6 is 0 Å². The van der Waals surface area contributed by atoms with Crippen LogP contribution in [0.15, 0.2) is 18.5 Å². The van der Waals surface area contributed by atoms with Gasteiger partial charge in [-0.25, -0.2) is 0 Å². The van der Waals surface area contributed by atoms with Crippen molar-refractivity contribution in [1.29, 1.82) is 0 Å². The maximum atomic E-state index is 4.39. The highest BCUT2D eigenvalue weighted by Gasteiger charge is 2.08. The third kappa shape index (κ3) is 2.35. The standard InChI is InChI=1S/C13H20N4/c1-5-17-7-6-12(9-17)8-14-13-10(2)15-16(4)11(13)3/h6-7,9,14H,5,8H2,1-4H3. The third-order valence-electron chi connectivity index (χ3n) is 3.16. The van der Waals surface area contributed by atoms with Gasteiger partial charge in [0.1, 0.15) is 0 Å². The zero-order valence-electron chi connectivity index (χ0n) is 11.0. The number of aryl methyl sites for hydroxylation is 3. The van der Waals surface area contributed by atoms with Crippen LogP contribution in [0.2, 0.25) is 0 Å². The summed E-state index contributed by atoms with van der Waals surface area (Å²) in [6.07, 6.45) is 4.29. The number of aromatic nitrogens is 3.